The molecular weight excluding hydrogens is 436 g/mol. The zero-order chi connectivity index (χ0) is 6.08. The van der Waals surface area contributed by atoms with Crippen molar-refractivity contribution in [3.8, 4) is 0 Å². The Labute approximate surface area is 82.7 Å². The second kappa shape index (κ2) is 3.14. The van der Waals surface area contributed by atoms with Crippen molar-refractivity contribution < 1.29 is 4.39 Å². The Hall–Kier alpha value is 1.86. The van der Waals surface area contributed by atoms with Gasteiger partial charge in [-0.15, -0.1) is 0 Å². The summed E-state index contributed by atoms with van der Waals surface area (Å²) in [5, 5.41) is 0. The monoisotopic (exact) mass is 438 g/mol. The van der Waals surface area contributed by atoms with E-state index >= 15 is 0 Å². The number of halogens is 4. The molecule has 0 rings (SSSR count). The van der Waals surface area contributed by atoms with Gasteiger partial charge in [0.1, 0.15) is 0 Å². The number of hydrogen-bond acceptors (Lipinski definition) is 0. The van der Waals surface area contributed by atoms with E-state index in [1.54, 1.807) is 45.2 Å². The largest absolute Gasteiger partial charge is 0.240 e. The number of hydrogen-bond donors (Lipinski definition) is 0. The molecule has 0 atom stereocenters. The highest BCUT2D eigenvalue weighted by Gasteiger charge is 2.21. The predicted octanol–water partition coefficient (Wildman–Crippen LogP) is 3.43. The average Bonchev–Trinajstić information content (AvgIpc) is 1.31. The van der Waals surface area contributed by atoms with Crippen molar-refractivity contribution in [2.24, 2.45) is 0 Å². The lowest BCUT2D eigenvalue weighted by atomic mass is 10.7. The van der Waals surface area contributed by atoms with E-state index in [9.17, 15) is 4.39 Å². The summed E-state index contributed by atoms with van der Waals surface area (Å²) in [4.78, 5) is 0. The Morgan fingerprint density at radius 1 is 1.57 bits per heavy atom. The molecule has 0 radical (unpaired) electrons. The second-order valence-corrected chi connectivity index (χ2v) is 7.24. The van der Waals surface area contributed by atoms with Gasteiger partial charge in [-0.05, 0) is 67.8 Å². The third-order valence-corrected chi connectivity index (χ3v) is 4.42. The van der Waals surface area contributed by atoms with Gasteiger partial charge in [0.15, 0.2) is 0 Å². The summed E-state index contributed by atoms with van der Waals surface area (Å²) in [7, 11) is 0. The second-order valence-electron chi connectivity index (χ2n) is 0.903. The summed E-state index contributed by atoms with van der Waals surface area (Å²) in [6.45, 7) is 3.42. The zero-order valence-electron chi connectivity index (χ0n) is 3.22. The molecule has 0 fully saturated rings. The molecule has 42 valence electrons. The molecule has 0 aromatic carbocycles. The average molecular weight is 438 g/mol. The molecule has 0 saturated heterocycles. The van der Waals surface area contributed by atoms with Gasteiger partial charge in [0.25, 0.3) is 0 Å². The van der Waals surface area contributed by atoms with Crippen molar-refractivity contribution in [3.63, 3.8) is 0 Å². The lowest BCUT2D eigenvalue weighted by Gasteiger charge is -2.04. The highest BCUT2D eigenvalue weighted by molar-refractivity contribution is 14.2. The Kier molecular flexibility index (Phi) is 3.97. The van der Waals surface area contributed by atoms with Crippen LogP contribution in [0.25, 0.3) is 0 Å². The predicted molar refractivity (Wildman–Crippen MR) is 55.0 cm³/mol. The lowest BCUT2D eigenvalue weighted by molar-refractivity contribution is 0.520. The van der Waals surface area contributed by atoms with E-state index in [1.165, 1.54) is 0 Å². The van der Waals surface area contributed by atoms with E-state index in [2.05, 4.69) is 6.58 Å². The summed E-state index contributed by atoms with van der Waals surface area (Å²) in [6, 6.07) is 0. The summed E-state index contributed by atoms with van der Waals surface area (Å²) in [6.07, 6.45) is 0. The molecule has 0 saturated carbocycles. The Balaban J connectivity index is 3.79. The van der Waals surface area contributed by atoms with Crippen molar-refractivity contribution in [3.05, 3.63) is 10.2 Å². The fourth-order valence-corrected chi connectivity index (χ4v) is 0. The Bertz CT molecular complexity index is 82.7. The normalized spacial score (nSPS) is 11.4. The summed E-state index contributed by atoms with van der Waals surface area (Å²) in [5.41, 5.74) is 0. The minimum atomic E-state index is -1.27. The van der Waals surface area contributed by atoms with E-state index in [-0.39, 0.29) is 0 Å². The lowest BCUT2D eigenvalue weighted by Crippen LogP contribution is -1.97. The van der Waals surface area contributed by atoms with Crippen LogP contribution >= 0.6 is 67.8 Å². The van der Waals surface area contributed by atoms with Crippen molar-refractivity contribution in [2.75, 3.05) is 0 Å². The number of alkyl halides is 3. The minimum absolute atomic E-state index is 0.520. The van der Waals surface area contributed by atoms with Crippen molar-refractivity contribution in [2.45, 2.75) is 1.68 Å². The maximum absolute atomic E-state index is 12.4. The van der Waals surface area contributed by atoms with Crippen LogP contribution < -0.4 is 0 Å². The summed E-state index contributed by atoms with van der Waals surface area (Å²) < 4.78 is 11.6. The molecule has 0 heterocycles. The van der Waals surface area contributed by atoms with Crippen LogP contribution in [0.3, 0.4) is 0 Å². The molecule has 4 heteroatoms. The number of rotatable bonds is 1. The van der Waals surface area contributed by atoms with Gasteiger partial charge in [-0.2, -0.15) is 0 Å². The molecule has 0 nitrogen and oxygen atoms in total. The highest BCUT2D eigenvalue weighted by atomic mass is 127. The van der Waals surface area contributed by atoms with E-state index < -0.39 is 1.68 Å². The minimum Gasteiger partial charge on any atom is -0.215 e. The molecule has 0 aliphatic carbocycles. The molecule has 0 unspecified atom stereocenters. The zero-order valence-corrected chi connectivity index (χ0v) is 9.69. The Morgan fingerprint density at radius 2 is 1.71 bits per heavy atom. The first-order valence-corrected chi connectivity index (χ1v) is 4.60. The summed E-state index contributed by atoms with van der Waals surface area (Å²) >= 11 is 5.22. The van der Waals surface area contributed by atoms with Gasteiger partial charge >= 0.3 is 0 Å². The van der Waals surface area contributed by atoms with E-state index in [4.69, 9.17) is 0 Å². The molecule has 0 aromatic rings. The van der Waals surface area contributed by atoms with Crippen molar-refractivity contribution >= 4 is 67.8 Å². The van der Waals surface area contributed by atoms with Gasteiger partial charge in [-0.25, -0.2) is 4.39 Å². The van der Waals surface area contributed by atoms with Crippen LogP contribution in [0.5, 0.6) is 0 Å². The van der Waals surface area contributed by atoms with Crippen LogP contribution in [0, 0.1) is 0 Å². The van der Waals surface area contributed by atoms with Crippen LogP contribution in [-0.2, 0) is 0 Å². The van der Waals surface area contributed by atoms with E-state index in [1.807, 2.05) is 22.6 Å². The fraction of sp³-hybridized carbons (Fsp3) is 0.333. The molecule has 0 bridgehead atoms. The van der Waals surface area contributed by atoms with Crippen LogP contribution in [0.15, 0.2) is 10.2 Å². The molecule has 0 aromatic heterocycles. The molecule has 7 heavy (non-hydrogen) atoms. The molecule has 0 aliphatic rings. The van der Waals surface area contributed by atoms with Gasteiger partial charge < -0.3 is 0 Å². The molecule has 0 amide bonds. The van der Waals surface area contributed by atoms with Crippen molar-refractivity contribution in [1.29, 1.82) is 0 Å². The third kappa shape index (κ3) is 4.37. The standard InChI is InChI=1S/C3H2FI3/c1-2(5)3(4,6)7/h1H2. The van der Waals surface area contributed by atoms with Crippen LogP contribution in [0.2, 0.25) is 0 Å². The van der Waals surface area contributed by atoms with E-state index in [0.717, 1.165) is 0 Å². The first kappa shape index (κ1) is 8.86. The Morgan fingerprint density at radius 3 is 1.71 bits per heavy atom. The van der Waals surface area contributed by atoms with Gasteiger partial charge in [-0.3, -0.25) is 0 Å². The highest BCUT2D eigenvalue weighted by Crippen LogP contribution is 2.39. The van der Waals surface area contributed by atoms with Gasteiger partial charge in [0.05, 0.1) is 0 Å². The molecular formula is C3H2FI3. The van der Waals surface area contributed by atoms with Gasteiger partial charge in [0, 0.05) is 3.58 Å². The molecule has 0 N–H and O–H groups in total. The fourth-order valence-electron chi connectivity index (χ4n) is 0. The molecule has 0 aliphatic heterocycles. The summed E-state index contributed by atoms with van der Waals surface area (Å²) in [5.74, 6) is 0. The first-order valence-electron chi connectivity index (χ1n) is 1.36. The third-order valence-electron chi connectivity index (χ3n) is 0.308. The van der Waals surface area contributed by atoms with E-state index in [0.29, 0.717) is 3.58 Å². The van der Waals surface area contributed by atoms with Crippen LogP contribution in [-0.4, -0.2) is 1.68 Å². The van der Waals surface area contributed by atoms with Gasteiger partial charge in [0.2, 0.25) is 1.68 Å². The maximum Gasteiger partial charge on any atom is 0.240 e. The SMILES string of the molecule is C=C(I)C(F)(I)I. The van der Waals surface area contributed by atoms with Crippen molar-refractivity contribution in [1.82, 2.24) is 0 Å². The maximum atomic E-state index is 12.4. The molecule has 0 spiro atoms. The topological polar surface area (TPSA) is 0 Å². The van der Waals surface area contributed by atoms with Crippen LogP contribution in [0.4, 0.5) is 4.39 Å². The first-order chi connectivity index (χ1) is 2.94. The van der Waals surface area contributed by atoms with Gasteiger partial charge in [-0.1, -0.05) is 6.58 Å². The van der Waals surface area contributed by atoms with Crippen LogP contribution in [0.1, 0.15) is 0 Å². The number of allylic oxidation sites excluding steroid dienone is 1. The smallest absolute Gasteiger partial charge is 0.215 e. The quantitative estimate of drug-likeness (QED) is 0.435.